The van der Waals surface area contributed by atoms with Crippen LogP contribution in [-0.4, -0.2) is 54.6 Å². The molecule has 0 aromatic heterocycles. The Bertz CT molecular complexity index is 831. The number of nitrogens with one attached hydrogen (secondary N) is 1. The predicted octanol–water partition coefficient (Wildman–Crippen LogP) is 4.14. The molecule has 1 fully saturated rings. The van der Waals surface area contributed by atoms with Crippen LogP contribution in [-0.2, 0) is 9.53 Å². The fraction of sp³-hybridized carbons (Fsp3) is 0.478. The van der Waals surface area contributed by atoms with Gasteiger partial charge in [-0.2, -0.15) is 0 Å². The molecule has 6 nitrogen and oxygen atoms in total. The fourth-order valence-electron chi connectivity index (χ4n) is 4.02. The quantitative estimate of drug-likeness (QED) is 0.520. The van der Waals surface area contributed by atoms with Crippen LogP contribution in [0.2, 0.25) is 5.02 Å². The Morgan fingerprint density at radius 1 is 1.33 bits per heavy atom. The molecule has 0 spiro atoms. The number of carbonyl (C=O) groups is 2. The van der Waals surface area contributed by atoms with E-state index in [1.807, 2.05) is 18.2 Å². The first-order chi connectivity index (χ1) is 14.5. The second kappa shape index (κ2) is 10.1. The van der Waals surface area contributed by atoms with Gasteiger partial charge in [0.05, 0.1) is 18.2 Å². The van der Waals surface area contributed by atoms with Crippen molar-refractivity contribution < 1.29 is 14.3 Å². The first kappa shape index (κ1) is 22.4. The molecule has 30 heavy (non-hydrogen) atoms. The minimum absolute atomic E-state index is 0.251. The van der Waals surface area contributed by atoms with E-state index in [9.17, 15) is 9.59 Å². The van der Waals surface area contributed by atoms with Crippen molar-refractivity contribution in [1.82, 2.24) is 15.1 Å². The van der Waals surface area contributed by atoms with E-state index in [-0.39, 0.29) is 12.6 Å². The van der Waals surface area contributed by atoms with E-state index in [1.165, 1.54) is 0 Å². The summed E-state index contributed by atoms with van der Waals surface area (Å²) in [5.41, 5.74) is 1.78. The van der Waals surface area contributed by atoms with Crippen molar-refractivity contribution in [2.45, 2.75) is 32.7 Å². The van der Waals surface area contributed by atoms with Crippen molar-refractivity contribution in [2.75, 3.05) is 32.8 Å². The number of halogens is 1. The molecule has 1 N–H and O–H groups in total. The molecule has 1 saturated heterocycles. The number of amides is 2. The molecule has 2 aliphatic heterocycles. The Balaban J connectivity index is 2.09. The summed E-state index contributed by atoms with van der Waals surface area (Å²) in [5, 5.41) is 3.44. The first-order valence-electron chi connectivity index (χ1n) is 10.5. The van der Waals surface area contributed by atoms with Gasteiger partial charge in [-0.1, -0.05) is 42.8 Å². The third-order valence-electron chi connectivity index (χ3n) is 5.71. The van der Waals surface area contributed by atoms with Crippen molar-refractivity contribution in [3.8, 4) is 0 Å². The predicted molar refractivity (Wildman–Crippen MR) is 118 cm³/mol. The number of rotatable bonds is 7. The monoisotopic (exact) mass is 431 g/mol. The normalized spacial score (nSPS) is 20.8. The summed E-state index contributed by atoms with van der Waals surface area (Å²) < 4.78 is 5.41. The molecule has 0 radical (unpaired) electrons. The van der Waals surface area contributed by atoms with Crippen molar-refractivity contribution >= 4 is 23.6 Å². The van der Waals surface area contributed by atoms with Gasteiger partial charge in [0.2, 0.25) is 0 Å². The largest absolute Gasteiger partial charge is 0.463 e. The van der Waals surface area contributed by atoms with Gasteiger partial charge in [0, 0.05) is 23.8 Å². The SMILES string of the molecule is C=CCN1C(=O)NC(c2ccccc2Cl)C(C(=O)OCC)=C1CN1CCC(C)CC1. The molecule has 1 aromatic carbocycles. The van der Waals surface area contributed by atoms with Crippen LogP contribution in [0.3, 0.4) is 0 Å². The third kappa shape index (κ3) is 4.87. The average Bonchev–Trinajstić information content (AvgIpc) is 2.72. The minimum atomic E-state index is -0.662. The first-order valence-corrected chi connectivity index (χ1v) is 10.9. The van der Waals surface area contributed by atoms with Crippen LogP contribution >= 0.6 is 11.6 Å². The highest BCUT2D eigenvalue weighted by molar-refractivity contribution is 6.31. The zero-order valence-electron chi connectivity index (χ0n) is 17.7. The second-order valence-corrected chi connectivity index (χ2v) is 8.25. The van der Waals surface area contributed by atoms with Gasteiger partial charge in [-0.05, 0) is 50.4 Å². The molecule has 0 aliphatic carbocycles. The Morgan fingerprint density at radius 3 is 2.67 bits per heavy atom. The number of hydrogen-bond acceptors (Lipinski definition) is 4. The van der Waals surface area contributed by atoms with E-state index < -0.39 is 12.0 Å². The topological polar surface area (TPSA) is 61.9 Å². The molecule has 7 heteroatoms. The highest BCUT2D eigenvalue weighted by Gasteiger charge is 2.39. The van der Waals surface area contributed by atoms with E-state index in [2.05, 4.69) is 23.7 Å². The molecule has 2 amide bonds. The van der Waals surface area contributed by atoms with Crippen LogP contribution in [0, 0.1) is 5.92 Å². The molecule has 3 rings (SSSR count). The molecule has 1 atom stereocenters. The Kier molecular flexibility index (Phi) is 7.56. The number of benzene rings is 1. The number of ether oxygens (including phenoxy) is 1. The van der Waals surface area contributed by atoms with Crippen molar-refractivity contribution in [1.29, 1.82) is 0 Å². The number of nitrogens with zero attached hydrogens (tertiary/aromatic N) is 2. The number of likely N-dealkylation sites (tertiary alicyclic amines) is 1. The van der Waals surface area contributed by atoms with Gasteiger partial charge in [-0.3, -0.25) is 9.80 Å². The standard InChI is InChI=1S/C23H30ClN3O3/c1-4-12-27-19(15-26-13-10-16(3)11-14-26)20(22(28)30-5-2)21(25-23(27)29)17-8-6-7-9-18(17)24/h4,6-9,16,21H,1,5,10-15H2,2-3H3,(H,25,29). The molecule has 1 aromatic rings. The maximum absolute atomic E-state index is 13.1. The number of carbonyl (C=O) groups excluding carboxylic acids is 2. The van der Waals surface area contributed by atoms with E-state index in [0.29, 0.717) is 40.9 Å². The van der Waals surface area contributed by atoms with E-state index in [0.717, 1.165) is 25.9 Å². The molecule has 1 unspecified atom stereocenters. The van der Waals surface area contributed by atoms with Crippen LogP contribution < -0.4 is 5.32 Å². The summed E-state index contributed by atoms with van der Waals surface area (Å²) in [6.07, 6.45) is 3.86. The van der Waals surface area contributed by atoms with Gasteiger partial charge in [0.1, 0.15) is 0 Å². The summed E-state index contributed by atoms with van der Waals surface area (Å²) >= 11 is 6.44. The summed E-state index contributed by atoms with van der Waals surface area (Å²) in [6, 6.07) is 6.32. The highest BCUT2D eigenvalue weighted by atomic mass is 35.5. The minimum Gasteiger partial charge on any atom is -0.463 e. The zero-order chi connectivity index (χ0) is 21.7. The average molecular weight is 432 g/mol. The van der Waals surface area contributed by atoms with Gasteiger partial charge in [-0.15, -0.1) is 6.58 Å². The van der Waals surface area contributed by atoms with Crippen molar-refractivity contribution in [3.05, 3.63) is 58.8 Å². The van der Waals surface area contributed by atoms with Gasteiger partial charge < -0.3 is 10.1 Å². The molecular weight excluding hydrogens is 402 g/mol. The highest BCUT2D eigenvalue weighted by Crippen LogP contribution is 2.35. The fourth-order valence-corrected chi connectivity index (χ4v) is 4.26. The Labute approximate surface area is 183 Å². The van der Waals surface area contributed by atoms with Gasteiger partial charge >= 0.3 is 12.0 Å². The third-order valence-corrected chi connectivity index (χ3v) is 6.06. The van der Waals surface area contributed by atoms with Gasteiger partial charge in [0.25, 0.3) is 0 Å². The van der Waals surface area contributed by atoms with Crippen LogP contribution in [0.25, 0.3) is 0 Å². The molecule has 2 aliphatic rings. The van der Waals surface area contributed by atoms with E-state index in [4.69, 9.17) is 16.3 Å². The lowest BCUT2D eigenvalue weighted by Gasteiger charge is -2.39. The lowest BCUT2D eigenvalue weighted by Crippen LogP contribution is -2.51. The summed E-state index contributed by atoms with van der Waals surface area (Å²) in [5.74, 6) is 0.256. The zero-order valence-corrected chi connectivity index (χ0v) is 18.5. The van der Waals surface area contributed by atoms with E-state index in [1.54, 1.807) is 24.0 Å². The number of piperidine rings is 1. The Morgan fingerprint density at radius 2 is 2.03 bits per heavy atom. The smallest absolute Gasteiger partial charge is 0.338 e. The van der Waals surface area contributed by atoms with Gasteiger partial charge in [0.15, 0.2) is 0 Å². The number of esters is 1. The second-order valence-electron chi connectivity index (χ2n) is 7.84. The summed E-state index contributed by atoms with van der Waals surface area (Å²) in [6.45, 7) is 10.7. The maximum Gasteiger partial charge on any atom is 0.338 e. The number of urea groups is 1. The van der Waals surface area contributed by atoms with Crippen molar-refractivity contribution in [3.63, 3.8) is 0 Å². The van der Waals surface area contributed by atoms with Crippen LogP contribution in [0.15, 0.2) is 48.2 Å². The Hall–Kier alpha value is -2.31. The number of hydrogen-bond donors (Lipinski definition) is 1. The molecular formula is C23H30ClN3O3. The van der Waals surface area contributed by atoms with Gasteiger partial charge in [-0.25, -0.2) is 9.59 Å². The maximum atomic E-state index is 13.1. The van der Waals surface area contributed by atoms with Crippen molar-refractivity contribution in [2.24, 2.45) is 5.92 Å². The van der Waals surface area contributed by atoms with E-state index >= 15 is 0 Å². The summed E-state index contributed by atoms with van der Waals surface area (Å²) in [4.78, 5) is 30.0. The molecule has 162 valence electrons. The molecule has 0 saturated carbocycles. The van der Waals surface area contributed by atoms with Crippen LogP contribution in [0.5, 0.6) is 0 Å². The molecule has 2 heterocycles. The lowest BCUT2D eigenvalue weighted by molar-refractivity contribution is -0.139. The molecule has 0 bridgehead atoms. The summed E-state index contributed by atoms with van der Waals surface area (Å²) in [7, 11) is 0. The van der Waals surface area contributed by atoms with Crippen LogP contribution in [0.1, 0.15) is 38.3 Å². The lowest BCUT2D eigenvalue weighted by atomic mass is 9.93. The van der Waals surface area contributed by atoms with Crippen LogP contribution in [0.4, 0.5) is 4.79 Å².